The van der Waals surface area contributed by atoms with Gasteiger partial charge in [0, 0.05) is 66.8 Å². The molecule has 0 radical (unpaired) electrons. The van der Waals surface area contributed by atoms with E-state index in [4.69, 9.17) is 0 Å². The number of nitrogens with zero attached hydrogens (tertiary/aromatic N) is 2. The smallest absolute Gasteiger partial charge is 0.369 e. The molecule has 5 nitrogen and oxygen atoms in total. The summed E-state index contributed by atoms with van der Waals surface area (Å²) in [6, 6.07) is 24.1. The molecular weight excluding hydrogens is 544 g/mol. The normalized spacial score (nSPS) is 14.3. The predicted octanol–water partition coefficient (Wildman–Crippen LogP) is 7.57. The number of carbonyl (C=O) groups excluding carboxylic acids is 1. The lowest BCUT2D eigenvalue weighted by atomic mass is 9.98. The summed E-state index contributed by atoms with van der Waals surface area (Å²) in [4.78, 5) is 21.0. The summed E-state index contributed by atoms with van der Waals surface area (Å²) in [5.41, 5.74) is 4.36. The maximum atomic E-state index is 13.5. The Balaban J connectivity index is 1.07. The van der Waals surface area contributed by atoms with Crippen LogP contribution in [0.2, 0.25) is 0 Å². The fraction of sp³-hybridized carbons (Fsp3) is 0.182. The average molecular weight is 573 g/mol. The van der Waals surface area contributed by atoms with Crippen molar-refractivity contribution in [2.45, 2.75) is 12.7 Å². The van der Waals surface area contributed by atoms with E-state index >= 15 is 0 Å². The summed E-state index contributed by atoms with van der Waals surface area (Å²) in [7, 11) is 0. The van der Waals surface area contributed by atoms with Gasteiger partial charge in [-0.1, -0.05) is 30.3 Å². The van der Waals surface area contributed by atoms with Gasteiger partial charge in [-0.25, -0.2) is 4.39 Å². The standard InChI is InChI=1S/C33H28F4N4O/c34-25-9-14-29-23(20-38-31(29)19-25)21-40-15-17-41(18-16-40)27-12-10-26(11-13-27)39-32(42)30-4-2-1-3-28(30)22-5-7-24(8-6-22)33(35,36)37/h1-14,19-20,38H,15-18,21H2,(H,39,42). The van der Waals surface area contributed by atoms with Gasteiger partial charge in [0.05, 0.1) is 5.56 Å². The molecule has 0 bridgehead atoms. The SMILES string of the molecule is O=C(Nc1ccc(N2CCN(Cc3c[nH]c4cc(F)ccc34)CC2)cc1)c1ccccc1-c1ccc(C(F)(F)F)cc1. The molecule has 0 spiro atoms. The lowest BCUT2D eigenvalue weighted by Crippen LogP contribution is -2.45. The average Bonchev–Trinajstić information content (AvgIpc) is 3.39. The van der Waals surface area contributed by atoms with Crippen LogP contribution in [-0.4, -0.2) is 42.0 Å². The molecule has 42 heavy (non-hydrogen) atoms. The van der Waals surface area contributed by atoms with E-state index in [2.05, 4.69) is 20.1 Å². The number of alkyl halides is 3. The molecule has 2 N–H and O–H groups in total. The first-order valence-electron chi connectivity index (χ1n) is 13.7. The second kappa shape index (κ2) is 11.3. The minimum atomic E-state index is -4.42. The number of aromatic nitrogens is 1. The molecule has 0 unspecified atom stereocenters. The monoisotopic (exact) mass is 572 g/mol. The fourth-order valence-corrected chi connectivity index (χ4v) is 5.42. The highest BCUT2D eigenvalue weighted by Gasteiger charge is 2.30. The maximum Gasteiger partial charge on any atom is 0.416 e. The van der Waals surface area contributed by atoms with Crippen molar-refractivity contribution in [2.24, 2.45) is 0 Å². The largest absolute Gasteiger partial charge is 0.416 e. The number of hydrogen-bond donors (Lipinski definition) is 2. The van der Waals surface area contributed by atoms with E-state index in [0.717, 1.165) is 67.0 Å². The number of halogens is 4. The number of H-pyrrole nitrogens is 1. The third-order valence-corrected chi connectivity index (χ3v) is 7.68. The van der Waals surface area contributed by atoms with E-state index in [1.165, 1.54) is 24.3 Å². The Bertz CT molecular complexity index is 1700. The van der Waals surface area contributed by atoms with Crippen molar-refractivity contribution in [3.8, 4) is 11.1 Å². The number of benzene rings is 4. The van der Waals surface area contributed by atoms with Crippen LogP contribution >= 0.6 is 0 Å². The lowest BCUT2D eigenvalue weighted by Gasteiger charge is -2.36. The zero-order valence-electron chi connectivity index (χ0n) is 22.6. The molecule has 0 aliphatic carbocycles. The Labute approximate surface area is 240 Å². The lowest BCUT2D eigenvalue weighted by molar-refractivity contribution is -0.137. The number of aromatic amines is 1. The molecule has 4 aromatic carbocycles. The summed E-state index contributed by atoms with van der Waals surface area (Å²) >= 11 is 0. The number of nitrogens with one attached hydrogen (secondary N) is 2. The number of piperazine rings is 1. The Morgan fingerprint density at radius 3 is 2.29 bits per heavy atom. The van der Waals surface area contributed by atoms with Crippen molar-refractivity contribution in [3.05, 3.63) is 120 Å². The second-order valence-corrected chi connectivity index (χ2v) is 10.4. The molecule has 1 fully saturated rings. The van der Waals surface area contributed by atoms with Gasteiger partial charge in [-0.15, -0.1) is 0 Å². The summed E-state index contributed by atoms with van der Waals surface area (Å²) in [5, 5.41) is 3.95. The Morgan fingerprint density at radius 1 is 0.857 bits per heavy atom. The van der Waals surface area contributed by atoms with E-state index in [1.807, 2.05) is 36.5 Å². The molecule has 2 heterocycles. The zero-order valence-corrected chi connectivity index (χ0v) is 22.6. The highest BCUT2D eigenvalue weighted by molar-refractivity contribution is 6.08. The third-order valence-electron chi connectivity index (χ3n) is 7.68. The van der Waals surface area contributed by atoms with Crippen molar-refractivity contribution < 1.29 is 22.4 Å². The number of rotatable bonds is 6. The number of carbonyl (C=O) groups is 1. The quantitative estimate of drug-likeness (QED) is 0.207. The van der Waals surface area contributed by atoms with Crippen LogP contribution in [0.3, 0.4) is 0 Å². The molecule has 1 aliphatic rings. The molecule has 214 valence electrons. The Hall–Kier alpha value is -4.63. The van der Waals surface area contributed by atoms with E-state index < -0.39 is 11.7 Å². The molecule has 1 saturated heterocycles. The van der Waals surface area contributed by atoms with Gasteiger partial charge in [-0.3, -0.25) is 9.69 Å². The molecule has 6 rings (SSSR count). The first kappa shape index (κ1) is 27.5. The van der Waals surface area contributed by atoms with Gasteiger partial charge >= 0.3 is 6.18 Å². The van der Waals surface area contributed by atoms with E-state index in [-0.39, 0.29) is 11.7 Å². The maximum absolute atomic E-state index is 13.5. The van der Waals surface area contributed by atoms with Crippen molar-refractivity contribution in [2.75, 3.05) is 36.4 Å². The first-order valence-corrected chi connectivity index (χ1v) is 13.7. The van der Waals surface area contributed by atoms with Crippen LogP contribution in [0.4, 0.5) is 28.9 Å². The van der Waals surface area contributed by atoms with Gasteiger partial charge in [0.1, 0.15) is 5.82 Å². The van der Waals surface area contributed by atoms with Gasteiger partial charge < -0.3 is 15.2 Å². The summed E-state index contributed by atoms with van der Waals surface area (Å²) < 4.78 is 52.5. The highest BCUT2D eigenvalue weighted by atomic mass is 19.4. The number of hydrogen-bond acceptors (Lipinski definition) is 3. The minimum Gasteiger partial charge on any atom is -0.369 e. The van der Waals surface area contributed by atoms with Crippen molar-refractivity contribution in [1.29, 1.82) is 0 Å². The van der Waals surface area contributed by atoms with Crippen LogP contribution in [-0.2, 0) is 12.7 Å². The second-order valence-electron chi connectivity index (χ2n) is 10.4. The minimum absolute atomic E-state index is 0.252. The summed E-state index contributed by atoms with van der Waals surface area (Å²) in [5.74, 6) is -0.593. The molecular formula is C33H28F4N4O. The summed E-state index contributed by atoms with van der Waals surface area (Å²) in [6.45, 7) is 4.25. The van der Waals surface area contributed by atoms with Crippen LogP contribution in [0.15, 0.2) is 97.2 Å². The van der Waals surface area contributed by atoms with Crippen molar-refractivity contribution in [1.82, 2.24) is 9.88 Å². The van der Waals surface area contributed by atoms with Crippen molar-refractivity contribution >= 4 is 28.2 Å². The highest BCUT2D eigenvalue weighted by Crippen LogP contribution is 2.32. The van der Waals surface area contributed by atoms with Gasteiger partial charge in [0.25, 0.3) is 5.91 Å². The van der Waals surface area contributed by atoms with Crippen LogP contribution in [0.5, 0.6) is 0 Å². The van der Waals surface area contributed by atoms with E-state index in [0.29, 0.717) is 22.4 Å². The molecule has 0 atom stereocenters. The van der Waals surface area contributed by atoms with Crippen LogP contribution < -0.4 is 10.2 Å². The van der Waals surface area contributed by atoms with Crippen LogP contribution in [0, 0.1) is 5.82 Å². The van der Waals surface area contributed by atoms with Gasteiger partial charge in [-0.2, -0.15) is 13.2 Å². The van der Waals surface area contributed by atoms with Crippen molar-refractivity contribution in [3.63, 3.8) is 0 Å². The fourth-order valence-electron chi connectivity index (χ4n) is 5.42. The first-order chi connectivity index (χ1) is 20.2. The Morgan fingerprint density at radius 2 is 1.57 bits per heavy atom. The number of anilines is 2. The molecule has 1 aliphatic heterocycles. The van der Waals surface area contributed by atoms with Gasteiger partial charge in [0.2, 0.25) is 0 Å². The zero-order chi connectivity index (χ0) is 29.3. The van der Waals surface area contributed by atoms with Crippen LogP contribution in [0.25, 0.3) is 22.0 Å². The molecule has 0 saturated carbocycles. The molecule has 1 amide bonds. The number of fused-ring (bicyclic) bond motifs is 1. The van der Waals surface area contributed by atoms with Gasteiger partial charge in [0.15, 0.2) is 0 Å². The summed E-state index contributed by atoms with van der Waals surface area (Å²) in [6.07, 6.45) is -2.47. The number of amides is 1. The molecule has 5 aromatic rings. The topological polar surface area (TPSA) is 51.4 Å². The third kappa shape index (κ3) is 5.87. The predicted molar refractivity (Wildman–Crippen MR) is 157 cm³/mol. The van der Waals surface area contributed by atoms with Crippen LogP contribution in [0.1, 0.15) is 21.5 Å². The van der Waals surface area contributed by atoms with E-state index in [1.54, 1.807) is 24.3 Å². The Kier molecular flexibility index (Phi) is 7.43. The molecule has 9 heteroatoms. The van der Waals surface area contributed by atoms with E-state index in [9.17, 15) is 22.4 Å². The van der Waals surface area contributed by atoms with Gasteiger partial charge in [-0.05, 0) is 77.4 Å². The molecule has 1 aromatic heterocycles.